The maximum atomic E-state index is 6.54. The quantitative estimate of drug-likeness (QED) is 0.186. The number of rotatable bonds is 17. The first-order valence-corrected chi connectivity index (χ1v) is 13.6. The Hall–Kier alpha value is 0.137. The van der Waals surface area contributed by atoms with Crippen molar-refractivity contribution in [3.8, 4) is 0 Å². The van der Waals surface area contributed by atoms with E-state index in [1.54, 1.807) is 0 Å². The highest BCUT2D eigenvalue weighted by molar-refractivity contribution is 6.70. The van der Waals surface area contributed by atoms with Crippen molar-refractivity contribution in [3.05, 3.63) is 0 Å². The van der Waals surface area contributed by atoms with E-state index in [0.29, 0.717) is 11.8 Å². The molecule has 0 bridgehead atoms. The monoisotopic (exact) mass is 386 g/mol. The molecule has 1 atom stereocenters. The van der Waals surface area contributed by atoms with Crippen molar-refractivity contribution in [3.63, 3.8) is 0 Å². The van der Waals surface area contributed by atoms with Crippen molar-refractivity contribution in [1.29, 1.82) is 0 Å². The van der Waals surface area contributed by atoms with Crippen LogP contribution in [0.4, 0.5) is 0 Å². The predicted molar refractivity (Wildman–Crippen MR) is 119 cm³/mol. The van der Waals surface area contributed by atoms with E-state index in [-0.39, 0.29) is 5.04 Å². The van der Waals surface area contributed by atoms with Gasteiger partial charge in [0.25, 0.3) is 0 Å². The van der Waals surface area contributed by atoms with Gasteiger partial charge in [-0.05, 0) is 31.7 Å². The molecule has 0 aromatic rings. The Bertz CT molecular complexity index is 322. The number of hydrogen-bond donors (Lipinski definition) is 0. The normalized spacial score (nSPS) is 14.2. The Labute approximate surface area is 167 Å². The molecule has 0 aliphatic carbocycles. The number of unbranched alkanes of at least 4 members (excludes halogenated alkanes) is 7. The van der Waals surface area contributed by atoms with Crippen molar-refractivity contribution in [1.82, 2.24) is 0 Å². The molecule has 0 fully saturated rings. The van der Waals surface area contributed by atoms with Crippen molar-refractivity contribution in [2.45, 2.75) is 124 Å². The summed E-state index contributed by atoms with van der Waals surface area (Å²) in [5, 5.41) is 0.142. The fourth-order valence-electron chi connectivity index (χ4n) is 4.94. The van der Waals surface area contributed by atoms with Gasteiger partial charge in [0, 0.05) is 18.3 Å². The summed E-state index contributed by atoms with van der Waals surface area (Å²) in [7, 11) is -2.25. The van der Waals surface area contributed by atoms with Gasteiger partial charge in [0.1, 0.15) is 0 Å². The minimum atomic E-state index is -2.25. The zero-order chi connectivity index (χ0) is 20.1. The van der Waals surface area contributed by atoms with E-state index in [1.807, 2.05) is 0 Å². The molecule has 2 nitrogen and oxygen atoms in total. The lowest BCUT2D eigenvalue weighted by Crippen LogP contribution is -2.55. The molecule has 0 amide bonds. The van der Waals surface area contributed by atoms with Crippen LogP contribution >= 0.6 is 0 Å². The van der Waals surface area contributed by atoms with Crippen LogP contribution < -0.4 is 0 Å². The third-order valence-corrected chi connectivity index (χ3v) is 11.1. The van der Waals surface area contributed by atoms with Gasteiger partial charge in [-0.3, -0.25) is 0 Å². The summed E-state index contributed by atoms with van der Waals surface area (Å²) < 4.78 is 13.1. The molecule has 0 saturated heterocycles. The van der Waals surface area contributed by atoms with Gasteiger partial charge in [0.05, 0.1) is 0 Å². The molecule has 0 radical (unpaired) electrons. The molecule has 1 unspecified atom stereocenters. The summed E-state index contributed by atoms with van der Waals surface area (Å²) in [6, 6.07) is 1.15. The van der Waals surface area contributed by atoms with E-state index in [0.717, 1.165) is 19.3 Å². The van der Waals surface area contributed by atoms with Gasteiger partial charge in [-0.1, -0.05) is 99.3 Å². The van der Waals surface area contributed by atoms with E-state index in [2.05, 4.69) is 55.4 Å². The molecule has 3 heteroatoms. The first-order chi connectivity index (χ1) is 12.3. The Balaban J connectivity index is 4.91. The largest absolute Gasteiger partial charge is 0.394 e. The molecule has 0 N–H and O–H groups in total. The van der Waals surface area contributed by atoms with Crippen LogP contribution in [0.1, 0.15) is 113 Å². The topological polar surface area (TPSA) is 18.5 Å². The number of hydrogen-bond acceptors (Lipinski definition) is 2. The van der Waals surface area contributed by atoms with E-state index in [4.69, 9.17) is 8.85 Å². The Morgan fingerprint density at radius 2 is 1.19 bits per heavy atom. The van der Waals surface area contributed by atoms with E-state index < -0.39 is 8.56 Å². The standard InChI is InChI=1S/C23H50O2Si/c1-9-13-14-15-16-17-18-19-20-26(24-11-3,25-12-4)23(7,8)22(10-2)21(5)6/h21-22H,9-20H2,1-8H3. The van der Waals surface area contributed by atoms with Gasteiger partial charge >= 0.3 is 8.56 Å². The molecular weight excluding hydrogens is 336 g/mol. The average Bonchev–Trinajstić information content (AvgIpc) is 2.57. The summed E-state index contributed by atoms with van der Waals surface area (Å²) in [6.45, 7) is 20.1. The van der Waals surface area contributed by atoms with Gasteiger partial charge in [-0.15, -0.1) is 0 Å². The van der Waals surface area contributed by atoms with Crippen LogP contribution in [0, 0.1) is 11.8 Å². The van der Waals surface area contributed by atoms with Gasteiger partial charge in [-0.25, -0.2) is 0 Å². The van der Waals surface area contributed by atoms with Crippen LogP contribution in [0.25, 0.3) is 0 Å². The predicted octanol–water partition coefficient (Wildman–Crippen LogP) is 8.10. The molecular formula is C23H50O2Si. The van der Waals surface area contributed by atoms with Crippen LogP contribution in [0.2, 0.25) is 11.1 Å². The van der Waals surface area contributed by atoms with Crippen LogP contribution in [0.15, 0.2) is 0 Å². The van der Waals surface area contributed by atoms with Gasteiger partial charge in [0.2, 0.25) is 0 Å². The highest BCUT2D eigenvalue weighted by Crippen LogP contribution is 2.52. The molecule has 0 rings (SSSR count). The van der Waals surface area contributed by atoms with Crippen LogP contribution in [-0.2, 0) is 8.85 Å². The lowest BCUT2D eigenvalue weighted by Gasteiger charge is -2.48. The zero-order valence-electron chi connectivity index (χ0n) is 19.5. The third-order valence-electron chi connectivity index (χ3n) is 6.27. The Morgan fingerprint density at radius 3 is 1.58 bits per heavy atom. The maximum absolute atomic E-state index is 6.54. The molecule has 0 aromatic heterocycles. The van der Waals surface area contributed by atoms with E-state index in [1.165, 1.54) is 57.8 Å². The summed E-state index contributed by atoms with van der Waals surface area (Å²) in [5.74, 6) is 1.32. The highest BCUT2D eigenvalue weighted by atomic mass is 28.4. The smallest absolute Gasteiger partial charge is 0.344 e. The Kier molecular flexibility index (Phi) is 14.3. The lowest BCUT2D eigenvalue weighted by molar-refractivity contribution is 0.125. The van der Waals surface area contributed by atoms with Crippen LogP contribution in [0.5, 0.6) is 0 Å². The summed E-state index contributed by atoms with van der Waals surface area (Å²) in [4.78, 5) is 0. The second kappa shape index (κ2) is 14.2. The SMILES string of the molecule is CCCCCCCCCC[Si](OCC)(OCC)C(C)(C)C(CC)C(C)C. The molecule has 0 aliphatic heterocycles. The summed E-state index contributed by atoms with van der Waals surface area (Å²) >= 11 is 0. The van der Waals surface area contributed by atoms with Crippen LogP contribution in [-0.4, -0.2) is 21.8 Å². The Morgan fingerprint density at radius 1 is 0.731 bits per heavy atom. The van der Waals surface area contributed by atoms with Crippen molar-refractivity contribution in [2.75, 3.05) is 13.2 Å². The maximum Gasteiger partial charge on any atom is 0.344 e. The molecule has 0 aliphatic rings. The second-order valence-electron chi connectivity index (χ2n) is 8.82. The fourth-order valence-corrected chi connectivity index (χ4v) is 9.45. The van der Waals surface area contributed by atoms with E-state index in [9.17, 15) is 0 Å². The van der Waals surface area contributed by atoms with Crippen LogP contribution in [0.3, 0.4) is 0 Å². The third kappa shape index (κ3) is 8.02. The van der Waals surface area contributed by atoms with Crippen molar-refractivity contribution in [2.24, 2.45) is 11.8 Å². The van der Waals surface area contributed by atoms with Crippen molar-refractivity contribution < 1.29 is 8.85 Å². The molecule has 158 valence electrons. The minimum absolute atomic E-state index is 0.142. The van der Waals surface area contributed by atoms with E-state index >= 15 is 0 Å². The average molecular weight is 387 g/mol. The van der Waals surface area contributed by atoms with Crippen molar-refractivity contribution >= 4 is 8.56 Å². The zero-order valence-corrected chi connectivity index (χ0v) is 20.5. The lowest BCUT2D eigenvalue weighted by atomic mass is 9.83. The molecule has 0 aromatic carbocycles. The van der Waals surface area contributed by atoms with Gasteiger partial charge < -0.3 is 8.85 Å². The minimum Gasteiger partial charge on any atom is -0.394 e. The molecule has 26 heavy (non-hydrogen) atoms. The second-order valence-corrected chi connectivity index (χ2v) is 12.7. The fraction of sp³-hybridized carbons (Fsp3) is 1.00. The molecule has 0 saturated carbocycles. The summed E-state index contributed by atoms with van der Waals surface area (Å²) in [5.41, 5.74) is 0. The summed E-state index contributed by atoms with van der Waals surface area (Å²) in [6.07, 6.45) is 12.1. The highest BCUT2D eigenvalue weighted by Gasteiger charge is 2.55. The van der Waals surface area contributed by atoms with Gasteiger partial charge in [0.15, 0.2) is 0 Å². The first kappa shape index (κ1) is 26.1. The van der Waals surface area contributed by atoms with Gasteiger partial charge in [-0.2, -0.15) is 0 Å². The first-order valence-electron chi connectivity index (χ1n) is 11.6. The molecule has 0 spiro atoms. The molecule has 0 heterocycles.